The predicted molar refractivity (Wildman–Crippen MR) is 73.3 cm³/mol. The topological polar surface area (TPSA) is 69.6 Å². The number of carboxylic acids is 1. The lowest BCUT2D eigenvalue weighted by atomic mass is 10.0. The molecule has 6 heteroatoms. The van der Waals surface area contributed by atoms with Crippen LogP contribution >= 0.6 is 11.3 Å². The third-order valence-electron chi connectivity index (χ3n) is 3.13. The molecule has 5 nitrogen and oxygen atoms in total. The second-order valence-electron chi connectivity index (χ2n) is 5.43. The number of carboxylic acid groups (broad SMARTS) is 1. The van der Waals surface area contributed by atoms with Crippen molar-refractivity contribution in [3.05, 3.63) is 21.9 Å². The quantitative estimate of drug-likeness (QED) is 0.891. The van der Waals surface area contributed by atoms with Gasteiger partial charge in [0.2, 0.25) is 0 Å². The van der Waals surface area contributed by atoms with E-state index in [1.165, 1.54) is 10.4 Å². The maximum Gasteiger partial charge on any atom is 0.318 e. The summed E-state index contributed by atoms with van der Waals surface area (Å²) in [6.07, 6.45) is 0.788. The Labute approximate surface area is 116 Å². The van der Waals surface area contributed by atoms with E-state index in [1.807, 2.05) is 11.4 Å². The van der Waals surface area contributed by atoms with Gasteiger partial charge in [-0.2, -0.15) is 0 Å². The number of nitrogens with zero attached hydrogens (tertiary/aromatic N) is 1. The molecule has 0 aromatic carbocycles. The largest absolute Gasteiger partial charge is 0.481 e. The summed E-state index contributed by atoms with van der Waals surface area (Å²) in [6, 6.07) is 1.85. The molecule has 0 radical (unpaired) electrons. The number of hydrogen-bond donors (Lipinski definition) is 2. The highest BCUT2D eigenvalue weighted by molar-refractivity contribution is 7.10. The first-order valence-electron chi connectivity index (χ1n) is 6.21. The number of amides is 2. The number of urea groups is 1. The van der Waals surface area contributed by atoms with Crippen LogP contribution in [0.15, 0.2) is 11.4 Å². The molecule has 0 bridgehead atoms. The Bertz CT molecular complexity index is 496. The summed E-state index contributed by atoms with van der Waals surface area (Å²) in [5, 5.41) is 13.6. The van der Waals surface area contributed by atoms with Crippen molar-refractivity contribution >= 4 is 23.3 Å². The molecular weight excluding hydrogens is 264 g/mol. The van der Waals surface area contributed by atoms with Crippen LogP contribution < -0.4 is 5.32 Å². The second kappa shape index (κ2) is 5.21. The van der Waals surface area contributed by atoms with Gasteiger partial charge in [-0.1, -0.05) is 0 Å². The van der Waals surface area contributed by atoms with Crippen LogP contribution in [-0.4, -0.2) is 34.1 Å². The van der Waals surface area contributed by atoms with Crippen LogP contribution in [0, 0.1) is 0 Å². The average Bonchev–Trinajstić information content (AvgIpc) is 2.72. The first-order valence-corrected chi connectivity index (χ1v) is 7.09. The minimum atomic E-state index is -0.913. The molecule has 2 heterocycles. The summed E-state index contributed by atoms with van der Waals surface area (Å²) in [5.41, 5.74) is 0.458. The molecule has 0 atom stereocenters. The molecule has 1 aliphatic heterocycles. The molecule has 2 amide bonds. The van der Waals surface area contributed by atoms with Crippen molar-refractivity contribution in [2.75, 3.05) is 6.54 Å². The molecule has 0 saturated carbocycles. The van der Waals surface area contributed by atoms with Crippen LogP contribution in [0.4, 0.5) is 4.79 Å². The molecule has 2 N–H and O–H groups in total. The first-order chi connectivity index (χ1) is 8.87. The molecular formula is C13H18N2O3S. The molecule has 0 aliphatic carbocycles. The lowest BCUT2D eigenvalue weighted by Gasteiger charge is -2.32. The fourth-order valence-electron chi connectivity index (χ4n) is 2.21. The second-order valence-corrected chi connectivity index (χ2v) is 6.43. The van der Waals surface area contributed by atoms with Crippen molar-refractivity contribution < 1.29 is 14.7 Å². The lowest BCUT2D eigenvalue weighted by Crippen LogP contribution is -2.51. The minimum absolute atomic E-state index is 0.0870. The molecule has 0 saturated heterocycles. The van der Waals surface area contributed by atoms with Crippen LogP contribution in [0.5, 0.6) is 0 Å². The summed E-state index contributed by atoms with van der Waals surface area (Å²) in [7, 11) is 0. The van der Waals surface area contributed by atoms with Crippen LogP contribution in [0.25, 0.3) is 0 Å². The minimum Gasteiger partial charge on any atom is -0.481 e. The standard InChI is InChI=1S/C13H18N2O3S/c1-13(2,7-11(16)17)14-12(18)15-5-3-10-9(8-15)4-6-19-10/h4,6H,3,5,7-8H2,1-2H3,(H,14,18)(H,16,17). The fourth-order valence-corrected chi connectivity index (χ4v) is 3.10. The smallest absolute Gasteiger partial charge is 0.318 e. The van der Waals surface area contributed by atoms with Gasteiger partial charge in [-0.25, -0.2) is 4.79 Å². The lowest BCUT2D eigenvalue weighted by molar-refractivity contribution is -0.138. The van der Waals surface area contributed by atoms with Crippen LogP contribution in [-0.2, 0) is 17.8 Å². The first kappa shape index (κ1) is 13.9. The number of thiophene rings is 1. The van der Waals surface area contributed by atoms with Crippen molar-refractivity contribution in [1.29, 1.82) is 0 Å². The van der Waals surface area contributed by atoms with Crippen LogP contribution in [0.1, 0.15) is 30.7 Å². The number of nitrogens with one attached hydrogen (secondary N) is 1. The molecule has 104 valence electrons. The fraction of sp³-hybridized carbons (Fsp3) is 0.538. The maximum atomic E-state index is 12.2. The molecule has 19 heavy (non-hydrogen) atoms. The SMILES string of the molecule is CC(C)(CC(=O)O)NC(=O)N1CCc2sccc2C1. The molecule has 0 spiro atoms. The van der Waals surface area contributed by atoms with Gasteiger partial charge in [0.1, 0.15) is 0 Å². The van der Waals surface area contributed by atoms with E-state index in [-0.39, 0.29) is 12.5 Å². The van der Waals surface area contributed by atoms with E-state index < -0.39 is 11.5 Å². The van der Waals surface area contributed by atoms with E-state index >= 15 is 0 Å². The summed E-state index contributed by atoms with van der Waals surface area (Å²) in [6.45, 7) is 4.73. The van der Waals surface area contributed by atoms with E-state index in [2.05, 4.69) is 5.32 Å². The molecule has 0 unspecified atom stereocenters. The van der Waals surface area contributed by atoms with Gasteiger partial charge in [0, 0.05) is 23.5 Å². The van der Waals surface area contributed by atoms with E-state index in [1.54, 1.807) is 30.1 Å². The van der Waals surface area contributed by atoms with Crippen molar-refractivity contribution in [1.82, 2.24) is 10.2 Å². The van der Waals surface area contributed by atoms with Gasteiger partial charge in [-0.15, -0.1) is 11.3 Å². The Balaban J connectivity index is 1.96. The maximum absolute atomic E-state index is 12.2. The molecule has 1 aromatic heterocycles. The molecule has 1 aliphatic rings. The summed E-state index contributed by atoms with van der Waals surface area (Å²) in [4.78, 5) is 26.0. The number of aliphatic carboxylic acids is 1. The Morgan fingerprint density at radius 2 is 2.26 bits per heavy atom. The molecule has 0 fully saturated rings. The predicted octanol–water partition coefficient (Wildman–Crippen LogP) is 2.07. The van der Waals surface area contributed by atoms with E-state index in [9.17, 15) is 9.59 Å². The van der Waals surface area contributed by atoms with Gasteiger partial charge in [0.25, 0.3) is 0 Å². The van der Waals surface area contributed by atoms with Crippen molar-refractivity contribution in [2.45, 2.75) is 38.8 Å². The van der Waals surface area contributed by atoms with Gasteiger partial charge in [-0.05, 0) is 37.3 Å². The number of fused-ring (bicyclic) bond motifs is 1. The Morgan fingerprint density at radius 3 is 2.95 bits per heavy atom. The number of carbonyl (C=O) groups excluding carboxylic acids is 1. The van der Waals surface area contributed by atoms with Gasteiger partial charge in [0.05, 0.1) is 6.42 Å². The Morgan fingerprint density at radius 1 is 1.53 bits per heavy atom. The molecule has 2 rings (SSSR count). The zero-order valence-electron chi connectivity index (χ0n) is 11.1. The van der Waals surface area contributed by atoms with E-state index in [0.29, 0.717) is 13.1 Å². The monoisotopic (exact) mass is 282 g/mol. The highest BCUT2D eigenvalue weighted by Crippen LogP contribution is 2.24. The van der Waals surface area contributed by atoms with Gasteiger partial charge >= 0.3 is 12.0 Å². The number of rotatable bonds is 3. The van der Waals surface area contributed by atoms with E-state index in [0.717, 1.165) is 6.42 Å². The summed E-state index contributed by atoms with van der Waals surface area (Å²) < 4.78 is 0. The zero-order valence-corrected chi connectivity index (χ0v) is 11.9. The third kappa shape index (κ3) is 3.47. The van der Waals surface area contributed by atoms with Gasteiger partial charge in [-0.3, -0.25) is 4.79 Å². The van der Waals surface area contributed by atoms with Gasteiger partial charge < -0.3 is 15.3 Å². The third-order valence-corrected chi connectivity index (χ3v) is 4.16. The summed E-state index contributed by atoms with van der Waals surface area (Å²) >= 11 is 1.72. The van der Waals surface area contributed by atoms with E-state index in [4.69, 9.17) is 5.11 Å². The number of hydrogen-bond acceptors (Lipinski definition) is 3. The Kier molecular flexibility index (Phi) is 3.80. The van der Waals surface area contributed by atoms with Crippen molar-refractivity contribution in [2.24, 2.45) is 0 Å². The van der Waals surface area contributed by atoms with Crippen LogP contribution in [0.2, 0.25) is 0 Å². The zero-order chi connectivity index (χ0) is 14.0. The summed E-state index contributed by atoms with van der Waals surface area (Å²) in [5.74, 6) is -0.913. The highest BCUT2D eigenvalue weighted by atomic mass is 32.1. The van der Waals surface area contributed by atoms with Crippen LogP contribution in [0.3, 0.4) is 0 Å². The highest BCUT2D eigenvalue weighted by Gasteiger charge is 2.28. The molecule has 1 aromatic rings. The average molecular weight is 282 g/mol. The normalized spacial score (nSPS) is 14.9. The van der Waals surface area contributed by atoms with Gasteiger partial charge in [0.15, 0.2) is 0 Å². The number of carbonyl (C=O) groups is 2. The Hall–Kier alpha value is -1.56. The van der Waals surface area contributed by atoms with Crippen molar-refractivity contribution in [3.8, 4) is 0 Å². The van der Waals surface area contributed by atoms with Crippen molar-refractivity contribution in [3.63, 3.8) is 0 Å².